The van der Waals surface area contributed by atoms with Crippen molar-refractivity contribution in [2.24, 2.45) is 0 Å². The number of hydrogen-bond donors (Lipinski definition) is 11. The normalized spacial score (nSPS) is 52.3. The van der Waals surface area contributed by atoms with E-state index in [1.54, 1.807) is 0 Å². The van der Waals surface area contributed by atoms with Crippen LogP contribution < -0.4 is 0 Å². The number of rotatable bonds is 9. The quantitative estimate of drug-likeness (QED) is 0.114. The molecule has 18 unspecified atom stereocenters. The molecule has 0 aromatic rings. The monoisotopic (exact) mass is 618 g/mol. The van der Waals surface area contributed by atoms with Gasteiger partial charge in [0.25, 0.3) is 0 Å². The Hall–Kier alpha value is -0.720. The van der Waals surface area contributed by atoms with E-state index in [-0.39, 0.29) is 13.0 Å². The summed E-state index contributed by atoms with van der Waals surface area (Å²) in [7, 11) is 0. The molecule has 0 aliphatic carbocycles. The predicted octanol–water partition coefficient (Wildman–Crippen LogP) is -7.01. The first kappa shape index (κ1) is 34.2. The van der Waals surface area contributed by atoms with Crippen LogP contribution >= 0.6 is 0 Å². The van der Waals surface area contributed by atoms with Crippen LogP contribution in [0.2, 0.25) is 0 Å². The van der Waals surface area contributed by atoms with Crippen LogP contribution in [0.4, 0.5) is 0 Å². The molecule has 0 spiro atoms. The molecule has 4 heterocycles. The Morgan fingerprint density at radius 3 is 1.64 bits per heavy atom. The standard InChI is InChI=1S/C24H42O18/c1-7-12(28)14(30)17(33)22(37-7)41-20-8(2-3-36-10(20)5-26)38-23-19(35)16(32)21(11(6-27)40-23)42-24-18(34)15(31)13(29)9(4-25)39-24/h7-35H,2-6H2,1H3. The SMILES string of the molecule is CC1OC(OC2C(CO)OCCC2OC2OC(CO)C(OC3OC(CO)C(O)C(O)C3O)C(O)C2O)C(O)C(O)C1O. The van der Waals surface area contributed by atoms with Gasteiger partial charge in [0.05, 0.1) is 32.0 Å². The lowest BCUT2D eigenvalue weighted by Gasteiger charge is -2.48. The van der Waals surface area contributed by atoms with E-state index >= 15 is 0 Å². The average molecular weight is 619 g/mol. The summed E-state index contributed by atoms with van der Waals surface area (Å²) in [5.74, 6) is 0. The fourth-order valence-electron chi connectivity index (χ4n) is 5.43. The van der Waals surface area contributed by atoms with Crippen LogP contribution in [0.15, 0.2) is 0 Å². The fourth-order valence-corrected chi connectivity index (χ4v) is 5.43. The van der Waals surface area contributed by atoms with E-state index in [0.717, 1.165) is 0 Å². The molecule has 4 rings (SSSR count). The Kier molecular flexibility index (Phi) is 11.9. The highest BCUT2D eigenvalue weighted by molar-refractivity contribution is 4.96. The predicted molar refractivity (Wildman–Crippen MR) is 130 cm³/mol. The van der Waals surface area contributed by atoms with Crippen molar-refractivity contribution in [1.82, 2.24) is 0 Å². The molecular weight excluding hydrogens is 576 g/mol. The van der Waals surface area contributed by atoms with Crippen LogP contribution in [0, 0.1) is 0 Å². The Bertz CT molecular complexity index is 835. The lowest BCUT2D eigenvalue weighted by molar-refractivity contribution is -0.374. The van der Waals surface area contributed by atoms with Crippen molar-refractivity contribution in [2.75, 3.05) is 26.4 Å². The minimum atomic E-state index is -1.83. The molecule has 0 bridgehead atoms. The van der Waals surface area contributed by atoms with E-state index in [4.69, 9.17) is 33.2 Å². The maximum Gasteiger partial charge on any atom is 0.187 e. The second-order valence-electron chi connectivity index (χ2n) is 10.8. The van der Waals surface area contributed by atoms with Crippen molar-refractivity contribution in [3.05, 3.63) is 0 Å². The number of aliphatic hydroxyl groups excluding tert-OH is 11. The molecule has 4 aliphatic heterocycles. The molecule has 11 N–H and O–H groups in total. The molecule has 0 aromatic heterocycles. The summed E-state index contributed by atoms with van der Waals surface area (Å²) in [4.78, 5) is 0. The van der Waals surface area contributed by atoms with Crippen LogP contribution in [-0.2, 0) is 33.2 Å². The summed E-state index contributed by atoms with van der Waals surface area (Å²) in [6.45, 7) is -0.547. The first-order chi connectivity index (χ1) is 19.9. The van der Waals surface area contributed by atoms with Crippen LogP contribution in [0.25, 0.3) is 0 Å². The van der Waals surface area contributed by atoms with Gasteiger partial charge in [-0.25, -0.2) is 0 Å². The highest BCUT2D eigenvalue weighted by atomic mass is 16.8. The van der Waals surface area contributed by atoms with Gasteiger partial charge >= 0.3 is 0 Å². The maximum atomic E-state index is 10.9. The van der Waals surface area contributed by atoms with Gasteiger partial charge in [-0.3, -0.25) is 0 Å². The number of hydrogen-bond acceptors (Lipinski definition) is 18. The van der Waals surface area contributed by atoms with Crippen LogP contribution in [0.5, 0.6) is 0 Å². The molecule has 4 fully saturated rings. The van der Waals surface area contributed by atoms with Crippen molar-refractivity contribution in [2.45, 2.75) is 124 Å². The van der Waals surface area contributed by atoms with E-state index < -0.39 is 130 Å². The van der Waals surface area contributed by atoms with Crippen molar-refractivity contribution in [1.29, 1.82) is 0 Å². The zero-order valence-electron chi connectivity index (χ0n) is 22.7. The molecule has 18 atom stereocenters. The highest BCUT2D eigenvalue weighted by Crippen LogP contribution is 2.33. The Morgan fingerprint density at radius 1 is 0.524 bits per heavy atom. The molecule has 246 valence electrons. The lowest BCUT2D eigenvalue weighted by Crippen LogP contribution is -2.65. The molecule has 4 saturated heterocycles. The van der Waals surface area contributed by atoms with Crippen LogP contribution in [-0.4, -0.2) is 193 Å². The van der Waals surface area contributed by atoms with Crippen molar-refractivity contribution in [3.63, 3.8) is 0 Å². The van der Waals surface area contributed by atoms with Crippen molar-refractivity contribution in [3.8, 4) is 0 Å². The van der Waals surface area contributed by atoms with Gasteiger partial charge in [0.1, 0.15) is 79.4 Å². The third kappa shape index (κ3) is 6.91. The second kappa shape index (κ2) is 14.6. The molecule has 0 saturated carbocycles. The molecular formula is C24H42O18. The molecule has 4 aliphatic rings. The van der Waals surface area contributed by atoms with Crippen molar-refractivity contribution >= 4 is 0 Å². The smallest absolute Gasteiger partial charge is 0.187 e. The summed E-state index contributed by atoms with van der Waals surface area (Å²) >= 11 is 0. The largest absolute Gasteiger partial charge is 0.394 e. The second-order valence-corrected chi connectivity index (χ2v) is 10.8. The summed E-state index contributed by atoms with van der Waals surface area (Å²) < 4.78 is 39.3. The van der Waals surface area contributed by atoms with Crippen LogP contribution in [0.3, 0.4) is 0 Å². The average Bonchev–Trinajstić information content (AvgIpc) is 2.98. The first-order valence-corrected chi connectivity index (χ1v) is 13.7. The van der Waals surface area contributed by atoms with E-state index in [0.29, 0.717) is 0 Å². The summed E-state index contributed by atoms with van der Waals surface area (Å²) in [6, 6.07) is 0. The number of aliphatic hydroxyl groups is 11. The Labute approximate surface area is 240 Å². The zero-order chi connectivity index (χ0) is 30.9. The van der Waals surface area contributed by atoms with E-state index in [1.807, 2.05) is 0 Å². The molecule has 18 nitrogen and oxygen atoms in total. The Morgan fingerprint density at radius 2 is 1.02 bits per heavy atom. The van der Waals surface area contributed by atoms with Gasteiger partial charge in [-0.1, -0.05) is 0 Å². The van der Waals surface area contributed by atoms with Gasteiger partial charge < -0.3 is 89.3 Å². The van der Waals surface area contributed by atoms with Gasteiger partial charge in [-0.2, -0.15) is 0 Å². The fraction of sp³-hybridized carbons (Fsp3) is 1.00. The van der Waals surface area contributed by atoms with Gasteiger partial charge in [0.2, 0.25) is 0 Å². The van der Waals surface area contributed by atoms with E-state index in [9.17, 15) is 56.2 Å². The highest BCUT2D eigenvalue weighted by Gasteiger charge is 2.52. The van der Waals surface area contributed by atoms with Crippen molar-refractivity contribution < 1.29 is 89.3 Å². The minimum Gasteiger partial charge on any atom is -0.394 e. The van der Waals surface area contributed by atoms with Gasteiger partial charge in [-0.15, -0.1) is 0 Å². The molecule has 0 radical (unpaired) electrons. The minimum absolute atomic E-state index is 0.0687. The Balaban J connectivity index is 1.45. The van der Waals surface area contributed by atoms with E-state index in [1.165, 1.54) is 6.92 Å². The van der Waals surface area contributed by atoms with E-state index in [2.05, 4.69) is 0 Å². The number of ether oxygens (including phenoxy) is 7. The van der Waals surface area contributed by atoms with Gasteiger partial charge in [-0.05, 0) is 13.3 Å². The summed E-state index contributed by atoms with van der Waals surface area (Å²) in [5.41, 5.74) is 0. The third-order valence-electron chi connectivity index (χ3n) is 8.02. The molecule has 0 amide bonds. The molecule has 0 aromatic carbocycles. The first-order valence-electron chi connectivity index (χ1n) is 13.7. The molecule has 42 heavy (non-hydrogen) atoms. The summed E-state index contributed by atoms with van der Waals surface area (Å²) in [5, 5.41) is 112. The van der Waals surface area contributed by atoms with Gasteiger partial charge in [0, 0.05) is 6.61 Å². The summed E-state index contributed by atoms with van der Waals surface area (Å²) in [6.07, 6.45) is -26.6. The lowest BCUT2D eigenvalue weighted by atomic mass is 9.96. The van der Waals surface area contributed by atoms with Gasteiger partial charge in [0.15, 0.2) is 18.9 Å². The van der Waals surface area contributed by atoms with Crippen LogP contribution in [0.1, 0.15) is 13.3 Å². The third-order valence-corrected chi connectivity index (χ3v) is 8.02. The maximum absolute atomic E-state index is 10.9. The topological polar surface area (TPSA) is 287 Å². The molecule has 18 heteroatoms. The zero-order valence-corrected chi connectivity index (χ0v) is 22.7.